The van der Waals surface area contributed by atoms with Gasteiger partial charge in [0.2, 0.25) is 0 Å². The molecule has 0 spiro atoms. The lowest BCUT2D eigenvalue weighted by Gasteiger charge is -2.32. The van der Waals surface area contributed by atoms with E-state index in [-0.39, 0.29) is 5.56 Å². The van der Waals surface area contributed by atoms with Crippen LogP contribution in [0.3, 0.4) is 0 Å². The Kier molecular flexibility index (Phi) is 6.20. The highest BCUT2D eigenvalue weighted by atomic mass is 32.2. The van der Waals surface area contributed by atoms with Gasteiger partial charge in [0.15, 0.2) is 10.8 Å². The number of rotatable bonds is 7. The zero-order valence-electron chi connectivity index (χ0n) is 20.0. The van der Waals surface area contributed by atoms with Crippen molar-refractivity contribution in [1.29, 1.82) is 0 Å². The number of aryl methyl sites for hydroxylation is 1. The molecule has 4 aromatic rings. The van der Waals surface area contributed by atoms with E-state index in [1.807, 2.05) is 42.0 Å². The standard InChI is InChI=1S/C26H30N6O2S/c1-18-21(25(33)31-13-15-35-26(31)28-18)8-12-30-10-6-19(7-11-30)16-23-29-22-5-2-9-27-24(22)32(23)17-20-4-3-14-34-20/h2-5,9,14,19H,6-8,10-13,15-17H2,1H3. The molecule has 0 bridgehead atoms. The van der Waals surface area contributed by atoms with Gasteiger partial charge in [0.05, 0.1) is 12.8 Å². The smallest absolute Gasteiger partial charge is 0.257 e. The van der Waals surface area contributed by atoms with Gasteiger partial charge < -0.3 is 13.9 Å². The average molecular weight is 491 g/mol. The maximum Gasteiger partial charge on any atom is 0.257 e. The predicted octanol–water partition coefficient (Wildman–Crippen LogP) is 3.54. The lowest BCUT2D eigenvalue weighted by Crippen LogP contribution is -2.37. The predicted molar refractivity (Wildman–Crippen MR) is 136 cm³/mol. The number of imidazole rings is 1. The second kappa shape index (κ2) is 9.62. The van der Waals surface area contributed by atoms with E-state index in [0.717, 1.165) is 96.8 Å². The molecule has 0 aromatic carbocycles. The summed E-state index contributed by atoms with van der Waals surface area (Å²) in [7, 11) is 0. The summed E-state index contributed by atoms with van der Waals surface area (Å²) in [5.74, 6) is 3.53. The lowest BCUT2D eigenvalue weighted by molar-refractivity contribution is 0.184. The molecular formula is C26H30N6O2S. The Balaban J connectivity index is 1.10. The normalized spacial score (nSPS) is 16.8. The molecule has 1 saturated heterocycles. The number of pyridine rings is 1. The van der Waals surface area contributed by atoms with E-state index < -0.39 is 0 Å². The molecule has 4 aromatic heterocycles. The van der Waals surface area contributed by atoms with Crippen LogP contribution in [0.4, 0.5) is 0 Å². The van der Waals surface area contributed by atoms with Gasteiger partial charge in [0.1, 0.15) is 17.1 Å². The van der Waals surface area contributed by atoms with Gasteiger partial charge in [-0.05, 0) is 69.5 Å². The number of nitrogens with zero attached hydrogens (tertiary/aromatic N) is 6. The van der Waals surface area contributed by atoms with E-state index in [4.69, 9.17) is 9.40 Å². The van der Waals surface area contributed by atoms with Crippen molar-refractivity contribution in [1.82, 2.24) is 29.0 Å². The van der Waals surface area contributed by atoms with Gasteiger partial charge in [-0.25, -0.2) is 15.0 Å². The highest BCUT2D eigenvalue weighted by molar-refractivity contribution is 7.99. The van der Waals surface area contributed by atoms with Crippen molar-refractivity contribution in [2.75, 3.05) is 25.4 Å². The Bertz CT molecular complexity index is 1390. The van der Waals surface area contributed by atoms with E-state index in [2.05, 4.69) is 19.4 Å². The zero-order chi connectivity index (χ0) is 23.8. The topological polar surface area (TPSA) is 82.0 Å². The second-order valence-corrected chi connectivity index (χ2v) is 10.6. The van der Waals surface area contributed by atoms with Crippen LogP contribution in [0.2, 0.25) is 0 Å². The Morgan fingerprint density at radius 2 is 2.03 bits per heavy atom. The minimum absolute atomic E-state index is 0.163. The van der Waals surface area contributed by atoms with Gasteiger partial charge in [-0.15, -0.1) is 0 Å². The summed E-state index contributed by atoms with van der Waals surface area (Å²) in [4.78, 5) is 29.6. The van der Waals surface area contributed by atoms with E-state index in [1.165, 1.54) is 0 Å². The van der Waals surface area contributed by atoms with Crippen LogP contribution in [-0.4, -0.2) is 54.4 Å². The Morgan fingerprint density at radius 3 is 2.86 bits per heavy atom. The lowest BCUT2D eigenvalue weighted by atomic mass is 9.93. The average Bonchev–Trinajstić information content (AvgIpc) is 3.62. The fraction of sp³-hybridized carbons (Fsp3) is 0.462. The molecule has 9 heteroatoms. The van der Waals surface area contributed by atoms with Crippen LogP contribution >= 0.6 is 11.8 Å². The highest BCUT2D eigenvalue weighted by Crippen LogP contribution is 2.25. The molecule has 0 radical (unpaired) electrons. The Hall–Kier alpha value is -2.91. The summed E-state index contributed by atoms with van der Waals surface area (Å²) in [6.07, 6.45) is 7.53. The second-order valence-electron chi connectivity index (χ2n) is 9.54. The van der Waals surface area contributed by atoms with E-state index in [9.17, 15) is 4.79 Å². The molecule has 2 aliphatic heterocycles. The molecule has 8 nitrogen and oxygen atoms in total. The van der Waals surface area contributed by atoms with Crippen LogP contribution in [0.5, 0.6) is 0 Å². The molecule has 0 aliphatic carbocycles. The van der Waals surface area contributed by atoms with Crippen molar-refractivity contribution in [2.24, 2.45) is 5.92 Å². The molecule has 0 atom stereocenters. The fourth-order valence-electron chi connectivity index (χ4n) is 5.33. The first kappa shape index (κ1) is 22.5. The molecule has 35 heavy (non-hydrogen) atoms. The van der Waals surface area contributed by atoms with Gasteiger partial charge in [0.25, 0.3) is 5.56 Å². The summed E-state index contributed by atoms with van der Waals surface area (Å²) in [6.45, 7) is 6.43. The number of hydrogen-bond donors (Lipinski definition) is 0. The van der Waals surface area contributed by atoms with E-state index >= 15 is 0 Å². The maximum atomic E-state index is 12.9. The van der Waals surface area contributed by atoms with Gasteiger partial charge in [-0.3, -0.25) is 9.36 Å². The summed E-state index contributed by atoms with van der Waals surface area (Å²) in [6, 6.07) is 7.90. The van der Waals surface area contributed by atoms with Crippen LogP contribution < -0.4 is 5.56 Å². The monoisotopic (exact) mass is 490 g/mol. The Labute approximate surface area is 208 Å². The summed E-state index contributed by atoms with van der Waals surface area (Å²) < 4.78 is 9.66. The first-order valence-electron chi connectivity index (χ1n) is 12.4. The number of thioether (sulfide) groups is 1. The van der Waals surface area contributed by atoms with E-state index in [0.29, 0.717) is 12.5 Å². The van der Waals surface area contributed by atoms with Gasteiger partial charge in [-0.2, -0.15) is 0 Å². The molecule has 6 heterocycles. The first-order chi connectivity index (χ1) is 17.2. The van der Waals surface area contributed by atoms with Crippen LogP contribution in [-0.2, 0) is 25.9 Å². The van der Waals surface area contributed by atoms with Gasteiger partial charge in [0, 0.05) is 42.7 Å². The Morgan fingerprint density at radius 1 is 1.14 bits per heavy atom. The number of fused-ring (bicyclic) bond motifs is 2. The van der Waals surface area contributed by atoms with Crippen molar-refractivity contribution in [3.63, 3.8) is 0 Å². The summed E-state index contributed by atoms with van der Waals surface area (Å²) in [5.41, 5.74) is 3.80. The molecule has 0 unspecified atom stereocenters. The van der Waals surface area contributed by atoms with Crippen LogP contribution in [0, 0.1) is 12.8 Å². The van der Waals surface area contributed by atoms with E-state index in [1.54, 1.807) is 18.0 Å². The third kappa shape index (κ3) is 4.54. The number of furan rings is 1. The van der Waals surface area contributed by atoms with Crippen molar-refractivity contribution in [3.8, 4) is 0 Å². The fourth-order valence-corrected chi connectivity index (χ4v) is 6.32. The highest BCUT2D eigenvalue weighted by Gasteiger charge is 2.24. The van der Waals surface area contributed by atoms with Crippen molar-refractivity contribution in [2.45, 2.75) is 50.9 Å². The number of likely N-dealkylation sites (tertiary alicyclic amines) is 1. The van der Waals surface area contributed by atoms with Crippen molar-refractivity contribution >= 4 is 22.9 Å². The van der Waals surface area contributed by atoms with Crippen molar-refractivity contribution in [3.05, 3.63) is 69.9 Å². The quantitative estimate of drug-likeness (QED) is 0.367. The van der Waals surface area contributed by atoms with Crippen LogP contribution in [0.15, 0.2) is 51.1 Å². The van der Waals surface area contributed by atoms with Gasteiger partial charge >= 0.3 is 0 Å². The zero-order valence-corrected chi connectivity index (χ0v) is 20.8. The van der Waals surface area contributed by atoms with Crippen LogP contribution in [0.1, 0.15) is 35.7 Å². The minimum Gasteiger partial charge on any atom is -0.467 e. The number of piperidine rings is 1. The molecule has 182 valence electrons. The number of aromatic nitrogens is 5. The molecule has 6 rings (SSSR count). The third-order valence-electron chi connectivity index (χ3n) is 7.31. The molecular weight excluding hydrogens is 460 g/mol. The largest absolute Gasteiger partial charge is 0.467 e. The minimum atomic E-state index is 0.163. The third-order valence-corrected chi connectivity index (χ3v) is 8.27. The molecule has 0 N–H and O–H groups in total. The molecule has 1 fully saturated rings. The summed E-state index contributed by atoms with van der Waals surface area (Å²) >= 11 is 1.68. The molecule has 2 aliphatic rings. The number of hydrogen-bond acceptors (Lipinski definition) is 7. The first-order valence-corrected chi connectivity index (χ1v) is 13.4. The van der Waals surface area contributed by atoms with Crippen LogP contribution in [0.25, 0.3) is 11.2 Å². The summed E-state index contributed by atoms with van der Waals surface area (Å²) in [5, 5.41) is 0.880. The van der Waals surface area contributed by atoms with Crippen molar-refractivity contribution < 1.29 is 4.42 Å². The molecule has 0 amide bonds. The SMILES string of the molecule is Cc1nc2n(c(=O)c1CCN1CCC(Cc3nc4cccnc4n3Cc3ccco3)CC1)CCS2. The molecule has 0 saturated carbocycles. The van der Waals surface area contributed by atoms with Gasteiger partial charge in [-0.1, -0.05) is 11.8 Å². The maximum absolute atomic E-state index is 12.9.